The minimum atomic E-state index is -0.665. The van der Waals surface area contributed by atoms with Gasteiger partial charge in [0.05, 0.1) is 11.8 Å². The predicted octanol–water partition coefficient (Wildman–Crippen LogP) is 3.65. The van der Waals surface area contributed by atoms with E-state index < -0.39 is 23.8 Å². The monoisotopic (exact) mass is 408 g/mol. The van der Waals surface area contributed by atoms with Gasteiger partial charge in [-0.3, -0.25) is 19.2 Å². The number of ether oxygens (including phenoxy) is 2. The van der Waals surface area contributed by atoms with E-state index in [0.717, 1.165) is 12.8 Å². The first kappa shape index (κ1) is 21.4. The van der Waals surface area contributed by atoms with Crippen molar-refractivity contribution in [2.75, 3.05) is 13.2 Å². The minimum Gasteiger partial charge on any atom is -0.457 e. The highest BCUT2D eigenvalue weighted by Gasteiger charge is 2.38. The number of carbonyl (C=O) groups is 4. The van der Waals surface area contributed by atoms with Crippen molar-refractivity contribution in [1.82, 2.24) is 0 Å². The Kier molecular flexibility index (Phi) is 7.49. The maximum Gasteiger partial charge on any atom is 0.310 e. The molecule has 2 aromatic rings. The second kappa shape index (κ2) is 10.5. The zero-order chi connectivity index (χ0) is 21.3. The normalized spacial score (nSPS) is 18.3. The molecule has 3 rings (SSSR count). The van der Waals surface area contributed by atoms with Crippen LogP contribution in [0, 0.1) is 11.8 Å². The highest BCUT2D eigenvalue weighted by Crippen LogP contribution is 2.32. The summed E-state index contributed by atoms with van der Waals surface area (Å²) in [5, 5.41) is 0. The number of hydrogen-bond acceptors (Lipinski definition) is 6. The van der Waals surface area contributed by atoms with Crippen LogP contribution in [0.5, 0.6) is 0 Å². The smallest absolute Gasteiger partial charge is 0.310 e. The molecule has 0 N–H and O–H groups in total. The van der Waals surface area contributed by atoms with Crippen molar-refractivity contribution < 1.29 is 28.7 Å². The molecule has 1 saturated carbocycles. The maximum absolute atomic E-state index is 12.6. The first-order chi connectivity index (χ1) is 14.6. The minimum absolute atomic E-state index is 0.299. The summed E-state index contributed by atoms with van der Waals surface area (Å²) in [7, 11) is 0. The van der Waals surface area contributed by atoms with Crippen LogP contribution in [0.3, 0.4) is 0 Å². The Morgan fingerprint density at radius 2 is 1.00 bits per heavy atom. The lowest BCUT2D eigenvalue weighted by atomic mass is 9.79. The van der Waals surface area contributed by atoms with Gasteiger partial charge in [0, 0.05) is 11.1 Å². The first-order valence-electron chi connectivity index (χ1n) is 10.1. The molecule has 1 fully saturated rings. The van der Waals surface area contributed by atoms with E-state index in [2.05, 4.69) is 0 Å². The summed E-state index contributed by atoms with van der Waals surface area (Å²) in [5.74, 6) is -3.08. The molecule has 0 spiro atoms. The number of rotatable bonds is 8. The zero-order valence-corrected chi connectivity index (χ0v) is 16.6. The Balaban J connectivity index is 1.54. The molecule has 0 aliphatic heterocycles. The molecule has 156 valence electrons. The van der Waals surface area contributed by atoms with Crippen LogP contribution >= 0.6 is 0 Å². The van der Waals surface area contributed by atoms with Crippen LogP contribution in [-0.2, 0) is 19.1 Å². The summed E-state index contributed by atoms with van der Waals surface area (Å²) < 4.78 is 10.4. The Morgan fingerprint density at radius 3 is 1.37 bits per heavy atom. The highest BCUT2D eigenvalue weighted by atomic mass is 16.5. The van der Waals surface area contributed by atoms with E-state index in [9.17, 15) is 19.2 Å². The van der Waals surface area contributed by atoms with E-state index in [-0.39, 0.29) is 24.8 Å². The molecule has 6 heteroatoms. The number of esters is 2. The van der Waals surface area contributed by atoms with Crippen LogP contribution in [-0.4, -0.2) is 36.7 Å². The summed E-state index contributed by atoms with van der Waals surface area (Å²) >= 11 is 0. The average Bonchev–Trinajstić information content (AvgIpc) is 2.81. The summed E-state index contributed by atoms with van der Waals surface area (Å²) in [4.78, 5) is 49.4. The Morgan fingerprint density at radius 1 is 0.633 bits per heavy atom. The topological polar surface area (TPSA) is 86.7 Å². The van der Waals surface area contributed by atoms with Crippen molar-refractivity contribution in [3.8, 4) is 0 Å². The molecule has 6 nitrogen and oxygen atoms in total. The van der Waals surface area contributed by atoms with Gasteiger partial charge in [-0.25, -0.2) is 0 Å². The van der Waals surface area contributed by atoms with Crippen molar-refractivity contribution >= 4 is 23.5 Å². The third-order valence-electron chi connectivity index (χ3n) is 5.25. The number of benzene rings is 2. The third kappa shape index (κ3) is 5.63. The van der Waals surface area contributed by atoms with E-state index in [1.54, 1.807) is 60.7 Å². The van der Waals surface area contributed by atoms with E-state index in [0.29, 0.717) is 24.0 Å². The van der Waals surface area contributed by atoms with Gasteiger partial charge < -0.3 is 9.47 Å². The molecule has 1 aliphatic rings. The van der Waals surface area contributed by atoms with Crippen LogP contribution in [0.4, 0.5) is 0 Å². The SMILES string of the molecule is O=C(COC(=O)C1CCCCC1C(=O)OCC(=O)c1ccccc1)c1ccccc1. The first-order valence-corrected chi connectivity index (χ1v) is 10.1. The standard InChI is InChI=1S/C24H24O6/c25-21(17-9-3-1-4-10-17)15-29-23(27)19-13-7-8-14-20(19)24(28)30-16-22(26)18-11-5-2-6-12-18/h1-6,9-12,19-20H,7-8,13-16H2. The van der Waals surface area contributed by atoms with Crippen LogP contribution in [0.25, 0.3) is 0 Å². The highest BCUT2D eigenvalue weighted by molar-refractivity contribution is 5.99. The fourth-order valence-electron chi connectivity index (χ4n) is 3.60. The molecule has 0 saturated heterocycles. The van der Waals surface area contributed by atoms with Crippen molar-refractivity contribution in [2.45, 2.75) is 25.7 Å². The molecule has 0 amide bonds. The van der Waals surface area contributed by atoms with Crippen molar-refractivity contribution in [3.05, 3.63) is 71.8 Å². The molecule has 0 bridgehead atoms. The summed E-state index contributed by atoms with van der Waals surface area (Å²) in [6, 6.07) is 17.1. The van der Waals surface area contributed by atoms with Crippen LogP contribution in [0.1, 0.15) is 46.4 Å². The van der Waals surface area contributed by atoms with Gasteiger partial charge in [-0.05, 0) is 12.8 Å². The molecule has 0 aromatic heterocycles. The average molecular weight is 408 g/mol. The second-order valence-electron chi connectivity index (χ2n) is 7.29. The molecule has 2 atom stereocenters. The number of ketones is 2. The van der Waals surface area contributed by atoms with Gasteiger partial charge in [0.1, 0.15) is 0 Å². The second-order valence-corrected chi connectivity index (χ2v) is 7.29. The van der Waals surface area contributed by atoms with Gasteiger partial charge in [0.15, 0.2) is 24.8 Å². The fraction of sp³-hybridized carbons (Fsp3) is 0.333. The number of carbonyl (C=O) groups excluding carboxylic acids is 4. The Labute approximate surface area is 175 Å². The van der Waals surface area contributed by atoms with Gasteiger partial charge in [-0.2, -0.15) is 0 Å². The van der Waals surface area contributed by atoms with Crippen molar-refractivity contribution in [1.29, 1.82) is 0 Å². The van der Waals surface area contributed by atoms with Gasteiger partial charge in [0.25, 0.3) is 0 Å². The van der Waals surface area contributed by atoms with Gasteiger partial charge in [-0.15, -0.1) is 0 Å². The summed E-state index contributed by atoms with van der Waals surface area (Å²) in [6.45, 7) is -0.735. The summed E-state index contributed by atoms with van der Waals surface area (Å²) in [5.41, 5.74) is 0.925. The predicted molar refractivity (Wildman–Crippen MR) is 109 cm³/mol. The van der Waals surface area contributed by atoms with Crippen molar-refractivity contribution in [2.24, 2.45) is 11.8 Å². The van der Waals surface area contributed by atoms with E-state index in [1.807, 2.05) is 0 Å². The Bertz CT molecular complexity index is 815. The quantitative estimate of drug-likeness (QED) is 0.490. The number of hydrogen-bond donors (Lipinski definition) is 0. The lowest BCUT2D eigenvalue weighted by molar-refractivity contribution is -0.161. The molecular formula is C24H24O6. The van der Waals surface area contributed by atoms with Crippen LogP contribution in [0.15, 0.2) is 60.7 Å². The maximum atomic E-state index is 12.6. The molecular weight excluding hydrogens is 384 g/mol. The van der Waals surface area contributed by atoms with Gasteiger partial charge >= 0.3 is 11.9 Å². The molecule has 2 unspecified atom stereocenters. The van der Waals surface area contributed by atoms with Gasteiger partial charge in [-0.1, -0.05) is 73.5 Å². The Hall–Kier alpha value is -3.28. The van der Waals surface area contributed by atoms with Gasteiger partial charge in [0.2, 0.25) is 0 Å². The fourth-order valence-corrected chi connectivity index (χ4v) is 3.60. The van der Waals surface area contributed by atoms with E-state index in [4.69, 9.17) is 9.47 Å². The summed E-state index contributed by atoms with van der Waals surface area (Å²) in [6.07, 6.45) is 2.56. The molecule has 2 aromatic carbocycles. The molecule has 0 heterocycles. The lowest BCUT2D eigenvalue weighted by Crippen LogP contribution is -2.36. The van der Waals surface area contributed by atoms with Crippen molar-refractivity contribution in [3.63, 3.8) is 0 Å². The molecule has 1 aliphatic carbocycles. The largest absolute Gasteiger partial charge is 0.457 e. The molecule has 0 radical (unpaired) electrons. The lowest BCUT2D eigenvalue weighted by Gasteiger charge is -2.28. The van der Waals surface area contributed by atoms with E-state index in [1.165, 1.54) is 0 Å². The van der Waals surface area contributed by atoms with Crippen LogP contribution in [0.2, 0.25) is 0 Å². The zero-order valence-electron chi connectivity index (χ0n) is 16.6. The van der Waals surface area contributed by atoms with E-state index >= 15 is 0 Å². The number of Topliss-reactive ketones (excluding diaryl/α,β-unsaturated/α-hetero) is 2. The molecule has 30 heavy (non-hydrogen) atoms. The van der Waals surface area contributed by atoms with Crippen LogP contribution < -0.4 is 0 Å². The third-order valence-corrected chi connectivity index (χ3v) is 5.25.